The van der Waals surface area contributed by atoms with Crippen LogP contribution in [0.4, 0.5) is 11.4 Å². The van der Waals surface area contributed by atoms with E-state index in [9.17, 15) is 9.59 Å². The molecule has 2 amide bonds. The van der Waals surface area contributed by atoms with Gasteiger partial charge in [0.2, 0.25) is 5.91 Å². The normalized spacial score (nSPS) is 14.4. The minimum Gasteiger partial charge on any atom is -0.367 e. The lowest BCUT2D eigenvalue weighted by Crippen LogP contribution is -2.46. The first-order chi connectivity index (χ1) is 14.5. The number of carbonyl (C=O) groups excluding carboxylic acids is 2. The van der Waals surface area contributed by atoms with Crippen LogP contribution in [0.25, 0.3) is 0 Å². The van der Waals surface area contributed by atoms with Gasteiger partial charge in [-0.25, -0.2) is 0 Å². The molecule has 0 unspecified atom stereocenters. The van der Waals surface area contributed by atoms with Crippen LogP contribution in [0.1, 0.15) is 23.7 Å². The number of halogens is 2. The second kappa shape index (κ2) is 10.7. The summed E-state index contributed by atoms with van der Waals surface area (Å²) in [7, 11) is 0. The molecule has 0 aliphatic carbocycles. The van der Waals surface area contributed by atoms with Crippen molar-refractivity contribution in [1.82, 2.24) is 10.2 Å². The largest absolute Gasteiger partial charge is 0.367 e. The van der Waals surface area contributed by atoms with Crippen molar-refractivity contribution >= 4 is 46.4 Å². The molecule has 0 aromatic heterocycles. The third kappa shape index (κ3) is 5.88. The molecule has 1 saturated heterocycles. The van der Waals surface area contributed by atoms with Crippen molar-refractivity contribution in [3.8, 4) is 0 Å². The number of rotatable bonds is 7. The number of anilines is 2. The minimum absolute atomic E-state index is 0.145. The third-order valence-corrected chi connectivity index (χ3v) is 5.71. The number of benzene rings is 2. The maximum Gasteiger partial charge on any atom is 0.252 e. The fourth-order valence-electron chi connectivity index (χ4n) is 3.43. The van der Waals surface area contributed by atoms with Crippen molar-refractivity contribution in [3.63, 3.8) is 0 Å². The quantitative estimate of drug-likeness (QED) is 0.673. The molecule has 8 heteroatoms. The molecule has 6 nitrogen and oxygen atoms in total. The molecule has 160 valence electrons. The van der Waals surface area contributed by atoms with Crippen LogP contribution < -0.4 is 15.5 Å². The van der Waals surface area contributed by atoms with Crippen LogP contribution >= 0.6 is 23.2 Å². The Morgan fingerprint density at radius 2 is 1.77 bits per heavy atom. The van der Waals surface area contributed by atoms with Crippen molar-refractivity contribution in [2.75, 3.05) is 49.5 Å². The van der Waals surface area contributed by atoms with Crippen LogP contribution in [0.5, 0.6) is 0 Å². The lowest BCUT2D eigenvalue weighted by molar-refractivity contribution is -0.116. The molecule has 1 aliphatic rings. The highest BCUT2D eigenvalue weighted by atomic mass is 35.5. The average Bonchev–Trinajstić information content (AvgIpc) is 2.74. The van der Waals surface area contributed by atoms with Crippen LogP contribution in [0.3, 0.4) is 0 Å². The van der Waals surface area contributed by atoms with Crippen LogP contribution in [0.15, 0.2) is 42.5 Å². The number of nitrogens with zero attached hydrogens (tertiary/aromatic N) is 2. The van der Waals surface area contributed by atoms with E-state index in [1.807, 2.05) is 12.1 Å². The average molecular weight is 449 g/mol. The SMILES string of the molecule is CCN1CCN(c2ccc(Cl)cc2NC(=O)CCNC(=O)c2ccccc2Cl)CC1. The molecule has 1 fully saturated rings. The molecular weight excluding hydrogens is 423 g/mol. The van der Waals surface area contributed by atoms with E-state index in [-0.39, 0.29) is 24.8 Å². The van der Waals surface area contributed by atoms with E-state index >= 15 is 0 Å². The molecule has 2 aromatic rings. The molecule has 0 atom stereocenters. The number of nitrogens with one attached hydrogen (secondary N) is 2. The highest BCUT2D eigenvalue weighted by Crippen LogP contribution is 2.30. The van der Waals surface area contributed by atoms with Crippen LogP contribution in [-0.2, 0) is 4.79 Å². The zero-order valence-electron chi connectivity index (χ0n) is 17.0. The molecule has 0 radical (unpaired) electrons. The first-order valence-corrected chi connectivity index (χ1v) is 10.8. The van der Waals surface area contributed by atoms with Crippen molar-refractivity contribution in [2.24, 2.45) is 0 Å². The van der Waals surface area contributed by atoms with E-state index in [1.54, 1.807) is 30.3 Å². The van der Waals surface area contributed by atoms with Crippen molar-refractivity contribution in [3.05, 3.63) is 58.1 Å². The molecule has 0 saturated carbocycles. The highest BCUT2D eigenvalue weighted by molar-refractivity contribution is 6.33. The molecule has 30 heavy (non-hydrogen) atoms. The standard InChI is InChI=1S/C22H26Cl2N4O2/c1-2-27-11-13-28(14-12-27)20-8-7-16(23)15-19(20)26-21(29)9-10-25-22(30)17-5-3-4-6-18(17)24/h3-8,15H,2,9-14H2,1H3,(H,25,30)(H,26,29). The monoisotopic (exact) mass is 448 g/mol. The Morgan fingerprint density at radius 3 is 2.47 bits per heavy atom. The first-order valence-electron chi connectivity index (χ1n) is 10.1. The van der Waals surface area contributed by atoms with Gasteiger partial charge in [0.1, 0.15) is 0 Å². The van der Waals surface area contributed by atoms with Gasteiger partial charge < -0.3 is 20.4 Å². The summed E-state index contributed by atoms with van der Waals surface area (Å²) in [6.45, 7) is 7.17. The minimum atomic E-state index is -0.300. The number of amides is 2. The van der Waals surface area contributed by atoms with Gasteiger partial charge in [-0.3, -0.25) is 9.59 Å². The van der Waals surface area contributed by atoms with Crippen molar-refractivity contribution in [1.29, 1.82) is 0 Å². The number of piperazine rings is 1. The number of hydrogen-bond acceptors (Lipinski definition) is 4. The van der Waals surface area contributed by atoms with E-state index < -0.39 is 0 Å². The van der Waals surface area contributed by atoms with Gasteiger partial charge in [-0.1, -0.05) is 42.3 Å². The lowest BCUT2D eigenvalue weighted by Gasteiger charge is -2.36. The summed E-state index contributed by atoms with van der Waals surface area (Å²) in [4.78, 5) is 29.3. The Balaban J connectivity index is 1.56. The second-order valence-electron chi connectivity index (χ2n) is 7.12. The van der Waals surface area contributed by atoms with Gasteiger partial charge in [0.15, 0.2) is 0 Å². The maximum absolute atomic E-state index is 12.5. The smallest absolute Gasteiger partial charge is 0.252 e. The Kier molecular flexibility index (Phi) is 7.96. The molecule has 2 N–H and O–H groups in total. The molecule has 0 bridgehead atoms. The van der Waals surface area contributed by atoms with E-state index in [1.165, 1.54) is 0 Å². The summed E-state index contributed by atoms with van der Waals surface area (Å²) in [5.41, 5.74) is 2.04. The Morgan fingerprint density at radius 1 is 1.03 bits per heavy atom. The Hall–Kier alpha value is -2.28. The first kappa shape index (κ1) is 22.4. The van der Waals surface area contributed by atoms with E-state index in [2.05, 4.69) is 27.4 Å². The molecule has 3 rings (SSSR count). The lowest BCUT2D eigenvalue weighted by atomic mass is 10.2. The Bertz CT molecular complexity index is 898. The van der Waals surface area contributed by atoms with Gasteiger partial charge in [0, 0.05) is 44.2 Å². The number of likely N-dealkylation sites (N-methyl/N-ethyl adjacent to an activating group) is 1. The van der Waals surface area contributed by atoms with E-state index in [0.717, 1.165) is 38.4 Å². The van der Waals surface area contributed by atoms with E-state index in [0.29, 0.717) is 21.3 Å². The van der Waals surface area contributed by atoms with Crippen LogP contribution in [0.2, 0.25) is 10.0 Å². The topological polar surface area (TPSA) is 64.7 Å². The predicted molar refractivity (Wildman–Crippen MR) is 123 cm³/mol. The summed E-state index contributed by atoms with van der Waals surface area (Å²) < 4.78 is 0. The van der Waals surface area contributed by atoms with Crippen molar-refractivity contribution < 1.29 is 9.59 Å². The van der Waals surface area contributed by atoms with Crippen LogP contribution in [-0.4, -0.2) is 56.0 Å². The molecule has 1 heterocycles. The summed E-state index contributed by atoms with van der Waals surface area (Å²) in [5, 5.41) is 6.62. The fourth-order valence-corrected chi connectivity index (χ4v) is 3.83. The Labute approximate surface area is 187 Å². The van der Waals surface area contributed by atoms with Gasteiger partial charge in [-0.15, -0.1) is 0 Å². The molecule has 0 spiro atoms. The summed E-state index contributed by atoms with van der Waals surface area (Å²) in [6, 6.07) is 12.4. The molecule has 1 aliphatic heterocycles. The zero-order chi connectivity index (χ0) is 21.5. The summed E-state index contributed by atoms with van der Waals surface area (Å²) in [6.07, 6.45) is 0.145. The van der Waals surface area contributed by atoms with E-state index in [4.69, 9.17) is 23.2 Å². The maximum atomic E-state index is 12.5. The summed E-state index contributed by atoms with van der Waals surface area (Å²) >= 11 is 12.2. The van der Waals surface area contributed by atoms with Gasteiger partial charge >= 0.3 is 0 Å². The van der Waals surface area contributed by atoms with Gasteiger partial charge in [0.05, 0.1) is 22.0 Å². The number of hydrogen-bond donors (Lipinski definition) is 2. The predicted octanol–water partition coefficient (Wildman–Crippen LogP) is 3.89. The van der Waals surface area contributed by atoms with Gasteiger partial charge in [-0.2, -0.15) is 0 Å². The fraction of sp³-hybridized carbons (Fsp3) is 0.364. The second-order valence-corrected chi connectivity index (χ2v) is 7.96. The number of carbonyl (C=O) groups is 2. The van der Waals surface area contributed by atoms with Crippen LogP contribution in [0, 0.1) is 0 Å². The van der Waals surface area contributed by atoms with Gasteiger partial charge in [0.25, 0.3) is 5.91 Å². The van der Waals surface area contributed by atoms with Crippen molar-refractivity contribution in [2.45, 2.75) is 13.3 Å². The summed E-state index contributed by atoms with van der Waals surface area (Å²) in [5.74, 6) is -0.490. The highest BCUT2D eigenvalue weighted by Gasteiger charge is 2.19. The van der Waals surface area contributed by atoms with Gasteiger partial charge in [-0.05, 0) is 36.9 Å². The third-order valence-electron chi connectivity index (χ3n) is 5.15. The zero-order valence-corrected chi connectivity index (χ0v) is 18.5. The molecular formula is C22H26Cl2N4O2. The molecule has 2 aromatic carbocycles.